The lowest BCUT2D eigenvalue weighted by molar-refractivity contribution is 0.163. The minimum absolute atomic E-state index is 0.120. The van der Waals surface area contributed by atoms with Crippen molar-refractivity contribution in [3.8, 4) is 0 Å². The molecule has 0 aliphatic rings. The van der Waals surface area contributed by atoms with E-state index in [-0.39, 0.29) is 18.1 Å². The van der Waals surface area contributed by atoms with Crippen molar-refractivity contribution in [1.82, 2.24) is 0 Å². The molecule has 0 saturated heterocycles. The fourth-order valence-electron chi connectivity index (χ4n) is 1.44. The van der Waals surface area contributed by atoms with Crippen molar-refractivity contribution < 1.29 is 21.6 Å². The first kappa shape index (κ1) is 16.9. The van der Waals surface area contributed by atoms with Crippen molar-refractivity contribution in [2.75, 3.05) is 23.7 Å². The summed E-state index contributed by atoms with van der Waals surface area (Å²) in [6.07, 6.45) is 0. The van der Waals surface area contributed by atoms with E-state index in [1.54, 1.807) is 6.92 Å². The van der Waals surface area contributed by atoms with Crippen LogP contribution in [0.5, 0.6) is 0 Å². The van der Waals surface area contributed by atoms with Crippen LogP contribution in [0, 0.1) is 0 Å². The predicted molar refractivity (Wildman–Crippen MR) is 77.2 cm³/mol. The van der Waals surface area contributed by atoms with Crippen molar-refractivity contribution >= 4 is 25.7 Å². The van der Waals surface area contributed by atoms with Crippen molar-refractivity contribution in [2.24, 2.45) is 5.14 Å². The molecule has 3 N–H and O–H groups in total. The third kappa shape index (κ3) is 6.85. The third-order valence-electron chi connectivity index (χ3n) is 2.30. The van der Waals surface area contributed by atoms with Crippen LogP contribution >= 0.6 is 0 Å². The molecular formula is C11H18N2O5S2. The van der Waals surface area contributed by atoms with E-state index in [2.05, 4.69) is 4.72 Å². The lowest BCUT2D eigenvalue weighted by Gasteiger charge is -2.08. The molecule has 0 fully saturated rings. The highest BCUT2D eigenvalue weighted by molar-refractivity contribution is 7.92. The van der Waals surface area contributed by atoms with Gasteiger partial charge in [-0.2, -0.15) is 0 Å². The van der Waals surface area contributed by atoms with Crippen LogP contribution in [0.15, 0.2) is 24.3 Å². The van der Waals surface area contributed by atoms with E-state index < -0.39 is 20.0 Å². The summed E-state index contributed by atoms with van der Waals surface area (Å²) in [6.45, 7) is 2.36. The Bertz CT molecular complexity index is 623. The van der Waals surface area contributed by atoms with Crippen LogP contribution in [0.25, 0.3) is 0 Å². The topological polar surface area (TPSA) is 116 Å². The fraction of sp³-hybridized carbons (Fsp3) is 0.455. The quantitative estimate of drug-likeness (QED) is 0.666. The Morgan fingerprint density at radius 1 is 1.15 bits per heavy atom. The summed E-state index contributed by atoms with van der Waals surface area (Å²) in [5, 5.41) is 4.92. The highest BCUT2D eigenvalue weighted by Gasteiger charge is 2.10. The first-order valence-electron chi connectivity index (χ1n) is 5.89. The molecule has 0 aliphatic carbocycles. The first-order valence-corrected chi connectivity index (χ1v) is 9.26. The van der Waals surface area contributed by atoms with Gasteiger partial charge in [-0.3, -0.25) is 4.72 Å². The van der Waals surface area contributed by atoms with Gasteiger partial charge in [0.05, 0.1) is 18.1 Å². The van der Waals surface area contributed by atoms with Crippen LogP contribution in [0.3, 0.4) is 0 Å². The van der Waals surface area contributed by atoms with E-state index in [0.29, 0.717) is 17.9 Å². The number of rotatable bonds is 8. The summed E-state index contributed by atoms with van der Waals surface area (Å²) in [4.78, 5) is 0. The second-order valence-corrected chi connectivity index (χ2v) is 7.58. The van der Waals surface area contributed by atoms with Gasteiger partial charge in [-0.1, -0.05) is 12.1 Å². The zero-order chi connectivity index (χ0) is 15.2. The minimum atomic E-state index is -3.60. The maximum atomic E-state index is 11.7. The van der Waals surface area contributed by atoms with Gasteiger partial charge in [0.2, 0.25) is 20.0 Å². The molecule has 7 nitrogen and oxygen atoms in total. The molecule has 0 spiro atoms. The standard InChI is InChI=1S/C11H18N2O5S2/c1-2-18-7-8-20(16,17)13-11-5-3-10(4-6-11)9-19(12,14)15/h3-6,13H,2,7-9H2,1H3,(H2,12,14,15). The zero-order valence-corrected chi connectivity index (χ0v) is 12.7. The molecule has 1 aromatic rings. The van der Waals surface area contributed by atoms with E-state index >= 15 is 0 Å². The van der Waals surface area contributed by atoms with Gasteiger partial charge in [-0.05, 0) is 24.6 Å². The minimum Gasteiger partial charge on any atom is -0.381 e. The van der Waals surface area contributed by atoms with E-state index in [1.807, 2.05) is 0 Å². The van der Waals surface area contributed by atoms with E-state index in [0.717, 1.165) is 0 Å². The third-order valence-corrected chi connectivity index (χ3v) is 4.28. The number of benzene rings is 1. The summed E-state index contributed by atoms with van der Waals surface area (Å²) in [5.74, 6) is -0.426. The van der Waals surface area contributed by atoms with Crippen molar-refractivity contribution in [1.29, 1.82) is 0 Å². The molecule has 0 radical (unpaired) electrons. The van der Waals surface area contributed by atoms with Crippen LogP contribution < -0.4 is 9.86 Å². The van der Waals surface area contributed by atoms with Gasteiger partial charge in [-0.15, -0.1) is 0 Å². The SMILES string of the molecule is CCOCCS(=O)(=O)Nc1ccc(CS(N)(=O)=O)cc1. The highest BCUT2D eigenvalue weighted by Crippen LogP contribution is 2.12. The van der Waals surface area contributed by atoms with Gasteiger partial charge in [0.25, 0.3) is 0 Å². The molecule has 0 unspecified atom stereocenters. The molecule has 0 atom stereocenters. The maximum absolute atomic E-state index is 11.7. The summed E-state index contributed by atoms with van der Waals surface area (Å²) in [7, 11) is -7.07. The van der Waals surface area contributed by atoms with Crippen LogP contribution in [0.4, 0.5) is 5.69 Å². The molecule has 0 aliphatic heterocycles. The van der Waals surface area contributed by atoms with Gasteiger partial charge < -0.3 is 4.74 Å². The van der Waals surface area contributed by atoms with E-state index in [4.69, 9.17) is 9.88 Å². The lowest BCUT2D eigenvalue weighted by Crippen LogP contribution is -2.20. The average molecular weight is 322 g/mol. The number of nitrogens with two attached hydrogens (primary N) is 1. The molecule has 0 amide bonds. The van der Waals surface area contributed by atoms with Crippen molar-refractivity contribution in [3.63, 3.8) is 0 Å². The predicted octanol–water partition coefficient (Wildman–Crippen LogP) is 0.253. The van der Waals surface area contributed by atoms with E-state index in [1.165, 1.54) is 24.3 Å². The molecule has 0 aromatic heterocycles. The Morgan fingerprint density at radius 3 is 2.25 bits per heavy atom. The molecule has 20 heavy (non-hydrogen) atoms. The van der Waals surface area contributed by atoms with Crippen LogP contribution in [0.1, 0.15) is 12.5 Å². The Balaban J connectivity index is 2.65. The van der Waals surface area contributed by atoms with E-state index in [9.17, 15) is 16.8 Å². The lowest BCUT2D eigenvalue weighted by atomic mass is 10.2. The van der Waals surface area contributed by atoms with Gasteiger partial charge >= 0.3 is 0 Å². The molecule has 1 aromatic carbocycles. The molecule has 114 valence electrons. The van der Waals surface area contributed by atoms with Crippen LogP contribution in [-0.2, 0) is 30.5 Å². The Kier molecular flexibility index (Phi) is 5.93. The Hall–Kier alpha value is -1.16. The molecular weight excluding hydrogens is 304 g/mol. The summed E-state index contributed by atoms with van der Waals surface area (Å²) in [6, 6.07) is 5.98. The molecule has 0 bridgehead atoms. The number of hydrogen-bond acceptors (Lipinski definition) is 5. The summed E-state index contributed by atoms with van der Waals surface area (Å²) in [5.41, 5.74) is 0.851. The van der Waals surface area contributed by atoms with Gasteiger partial charge in [0, 0.05) is 12.3 Å². The smallest absolute Gasteiger partial charge is 0.234 e. The monoisotopic (exact) mass is 322 g/mol. The van der Waals surface area contributed by atoms with Crippen LogP contribution in [0.2, 0.25) is 0 Å². The number of hydrogen-bond donors (Lipinski definition) is 2. The van der Waals surface area contributed by atoms with Crippen LogP contribution in [-0.4, -0.2) is 35.8 Å². The first-order chi connectivity index (χ1) is 9.22. The summed E-state index contributed by atoms with van der Waals surface area (Å²) < 4.78 is 52.5. The summed E-state index contributed by atoms with van der Waals surface area (Å²) >= 11 is 0. The Morgan fingerprint density at radius 2 is 1.75 bits per heavy atom. The fourth-order valence-corrected chi connectivity index (χ4v) is 3.04. The number of nitrogens with one attached hydrogen (secondary N) is 1. The number of sulfonamides is 2. The average Bonchev–Trinajstić information content (AvgIpc) is 2.30. The maximum Gasteiger partial charge on any atom is 0.234 e. The highest BCUT2D eigenvalue weighted by atomic mass is 32.2. The second-order valence-electron chi connectivity index (χ2n) is 4.12. The number of primary sulfonamides is 1. The van der Waals surface area contributed by atoms with Gasteiger partial charge in [0.15, 0.2) is 0 Å². The van der Waals surface area contributed by atoms with Crippen molar-refractivity contribution in [2.45, 2.75) is 12.7 Å². The second kappa shape index (κ2) is 7.02. The largest absolute Gasteiger partial charge is 0.381 e. The molecule has 9 heteroatoms. The number of ether oxygens (including phenoxy) is 1. The van der Waals surface area contributed by atoms with Gasteiger partial charge in [0.1, 0.15) is 0 Å². The molecule has 0 saturated carbocycles. The van der Waals surface area contributed by atoms with Gasteiger partial charge in [-0.25, -0.2) is 22.0 Å². The normalized spacial score (nSPS) is 12.3. The Labute approximate surface area is 119 Å². The number of anilines is 1. The van der Waals surface area contributed by atoms with Crippen molar-refractivity contribution in [3.05, 3.63) is 29.8 Å². The molecule has 1 rings (SSSR count). The molecule has 0 heterocycles. The zero-order valence-electron chi connectivity index (χ0n) is 11.1.